The van der Waals surface area contributed by atoms with Gasteiger partial charge in [0, 0.05) is 6.07 Å². The molecule has 1 aromatic heterocycles. The molecule has 0 aliphatic heterocycles. The molecule has 1 N–H and O–H groups in total. The van der Waals surface area contributed by atoms with Crippen molar-refractivity contribution in [1.29, 1.82) is 0 Å². The Morgan fingerprint density at radius 3 is 2.47 bits per heavy atom. The van der Waals surface area contributed by atoms with E-state index in [2.05, 4.69) is 4.98 Å². The minimum Gasteiger partial charge on any atom is -0.331 e. The highest BCUT2D eigenvalue weighted by atomic mass is 127. The Morgan fingerprint density at radius 2 is 1.95 bits per heavy atom. The smallest absolute Gasteiger partial charge is 0.331 e. The van der Waals surface area contributed by atoms with Crippen molar-refractivity contribution in [3.63, 3.8) is 0 Å². The molecule has 2 nitrogen and oxygen atoms in total. The highest BCUT2D eigenvalue weighted by molar-refractivity contribution is 14.1. The Labute approximate surface area is 123 Å². The number of benzene rings is 1. The summed E-state index contributed by atoms with van der Waals surface area (Å²) in [5, 5.41) is 0. The number of alkyl halides is 3. The zero-order chi connectivity index (χ0) is 14.0. The summed E-state index contributed by atoms with van der Waals surface area (Å²) >= 11 is 6.76. The third-order valence-electron chi connectivity index (χ3n) is 3.40. The molecule has 102 valence electrons. The van der Waals surface area contributed by atoms with Gasteiger partial charge >= 0.3 is 6.18 Å². The Hall–Kier alpha value is -0.640. The second-order valence-electron chi connectivity index (χ2n) is 4.58. The molecule has 0 amide bonds. The van der Waals surface area contributed by atoms with Crippen LogP contribution in [0.25, 0.3) is 11.0 Å². The molecule has 0 bridgehead atoms. The molecule has 1 fully saturated rings. The molecule has 2 aromatic rings. The predicted octanol–water partition coefficient (Wildman–Crippen LogP) is 4.49. The van der Waals surface area contributed by atoms with Gasteiger partial charge in [-0.1, -0.05) is 0 Å². The maximum atomic E-state index is 13.6. The lowest BCUT2D eigenvalue weighted by molar-refractivity contribution is -0.179. The van der Waals surface area contributed by atoms with Crippen LogP contribution < -0.4 is 0 Å². The Bertz CT molecular complexity index is 727. The van der Waals surface area contributed by atoms with Crippen LogP contribution in [0, 0.1) is 14.2 Å². The average molecular weight is 402 g/mol. The normalized spacial score (nSPS) is 17.9. The Morgan fingerprint density at radius 1 is 1.32 bits per heavy atom. The summed E-state index contributed by atoms with van der Waals surface area (Å²) in [5.41, 5.74) is -1.38. The van der Waals surface area contributed by atoms with E-state index in [1.807, 2.05) is 0 Å². The van der Waals surface area contributed by atoms with Gasteiger partial charge in [0.15, 0.2) is 4.77 Å². The first-order valence-corrected chi connectivity index (χ1v) is 6.92. The van der Waals surface area contributed by atoms with Gasteiger partial charge in [0.1, 0.15) is 11.4 Å². The highest BCUT2D eigenvalue weighted by Crippen LogP contribution is 2.56. The summed E-state index contributed by atoms with van der Waals surface area (Å²) < 4.78 is 54.4. The lowest BCUT2D eigenvalue weighted by Gasteiger charge is -2.21. The number of halogens is 5. The van der Waals surface area contributed by atoms with Gasteiger partial charge in [-0.2, -0.15) is 13.2 Å². The minimum absolute atomic E-state index is 0.0220. The van der Waals surface area contributed by atoms with E-state index >= 15 is 0 Å². The number of imidazole rings is 1. The SMILES string of the molecule is Fc1cc2c(cc1I)[nH]c(=S)n2C1(C(F)(F)F)CC1. The van der Waals surface area contributed by atoms with Crippen molar-refractivity contribution in [3.05, 3.63) is 26.3 Å². The molecule has 1 aliphatic carbocycles. The third kappa shape index (κ3) is 1.83. The molecule has 8 heteroatoms. The predicted molar refractivity (Wildman–Crippen MR) is 73.1 cm³/mol. The molecular weight excluding hydrogens is 395 g/mol. The van der Waals surface area contributed by atoms with Crippen molar-refractivity contribution < 1.29 is 17.6 Å². The van der Waals surface area contributed by atoms with Crippen LogP contribution >= 0.6 is 34.8 Å². The maximum Gasteiger partial charge on any atom is 0.412 e. The van der Waals surface area contributed by atoms with Crippen LogP contribution in [-0.4, -0.2) is 15.7 Å². The number of rotatable bonds is 1. The molecule has 0 spiro atoms. The Balaban J connectivity index is 2.34. The van der Waals surface area contributed by atoms with Gasteiger partial charge in [0.2, 0.25) is 0 Å². The molecule has 0 atom stereocenters. The first-order chi connectivity index (χ1) is 8.76. The molecule has 19 heavy (non-hydrogen) atoms. The lowest BCUT2D eigenvalue weighted by atomic mass is 10.2. The van der Waals surface area contributed by atoms with Crippen LogP contribution in [0.4, 0.5) is 17.6 Å². The number of aromatic amines is 1. The van der Waals surface area contributed by atoms with E-state index in [1.54, 1.807) is 22.6 Å². The van der Waals surface area contributed by atoms with Crippen molar-refractivity contribution in [3.8, 4) is 0 Å². The minimum atomic E-state index is -4.39. The van der Waals surface area contributed by atoms with Crippen molar-refractivity contribution in [2.24, 2.45) is 0 Å². The summed E-state index contributed by atoms with van der Waals surface area (Å²) in [7, 11) is 0. The zero-order valence-corrected chi connectivity index (χ0v) is 12.3. The quantitative estimate of drug-likeness (QED) is 0.424. The molecule has 1 aliphatic rings. The molecule has 0 saturated heterocycles. The van der Waals surface area contributed by atoms with Gasteiger partial charge in [0.25, 0.3) is 0 Å². The van der Waals surface area contributed by atoms with E-state index < -0.39 is 17.5 Å². The monoisotopic (exact) mass is 402 g/mol. The summed E-state index contributed by atoms with van der Waals surface area (Å²) in [4.78, 5) is 2.72. The molecule has 1 saturated carbocycles. The molecule has 3 rings (SSSR count). The van der Waals surface area contributed by atoms with E-state index in [0.717, 1.165) is 10.6 Å². The molecular formula is C11H7F4IN2S. The fourth-order valence-corrected chi connectivity index (χ4v) is 3.13. The van der Waals surface area contributed by atoms with Crippen LogP contribution in [0.5, 0.6) is 0 Å². The number of nitrogens with one attached hydrogen (secondary N) is 1. The van der Waals surface area contributed by atoms with Crippen LogP contribution in [0.2, 0.25) is 0 Å². The number of fused-ring (bicyclic) bond motifs is 1. The molecule has 1 heterocycles. The van der Waals surface area contributed by atoms with Crippen molar-refractivity contribution in [1.82, 2.24) is 9.55 Å². The van der Waals surface area contributed by atoms with Crippen LogP contribution in [0.3, 0.4) is 0 Å². The van der Waals surface area contributed by atoms with E-state index in [4.69, 9.17) is 12.2 Å². The van der Waals surface area contributed by atoms with Crippen molar-refractivity contribution in [2.75, 3.05) is 0 Å². The van der Waals surface area contributed by atoms with E-state index in [-0.39, 0.29) is 23.1 Å². The zero-order valence-electron chi connectivity index (χ0n) is 9.31. The number of aromatic nitrogens is 2. The van der Waals surface area contributed by atoms with E-state index in [1.165, 1.54) is 6.07 Å². The Kier molecular flexibility index (Phi) is 2.76. The molecule has 1 aromatic carbocycles. The second-order valence-corrected chi connectivity index (χ2v) is 6.13. The number of hydrogen-bond donors (Lipinski definition) is 1. The topological polar surface area (TPSA) is 20.7 Å². The largest absolute Gasteiger partial charge is 0.412 e. The summed E-state index contributed by atoms with van der Waals surface area (Å²) in [5.74, 6) is -0.547. The maximum absolute atomic E-state index is 13.6. The summed E-state index contributed by atoms with van der Waals surface area (Å²) in [6.45, 7) is 0. The lowest BCUT2D eigenvalue weighted by Crippen LogP contribution is -2.34. The van der Waals surface area contributed by atoms with Gasteiger partial charge in [0.05, 0.1) is 14.6 Å². The first kappa shape index (κ1) is 13.3. The summed E-state index contributed by atoms with van der Waals surface area (Å²) in [6, 6.07) is 2.57. The first-order valence-electron chi connectivity index (χ1n) is 5.43. The third-order valence-corrected chi connectivity index (χ3v) is 4.51. The number of nitrogens with zero attached hydrogens (tertiary/aromatic N) is 1. The van der Waals surface area contributed by atoms with Gasteiger partial charge in [-0.05, 0) is 53.7 Å². The van der Waals surface area contributed by atoms with Crippen LogP contribution in [-0.2, 0) is 5.54 Å². The van der Waals surface area contributed by atoms with Gasteiger partial charge in [-0.25, -0.2) is 4.39 Å². The second kappa shape index (κ2) is 3.94. The number of H-pyrrole nitrogens is 1. The fraction of sp³-hybridized carbons (Fsp3) is 0.364. The fourth-order valence-electron chi connectivity index (χ4n) is 2.28. The van der Waals surface area contributed by atoms with Crippen LogP contribution in [0.15, 0.2) is 12.1 Å². The molecule has 0 radical (unpaired) electrons. The van der Waals surface area contributed by atoms with Crippen molar-refractivity contribution in [2.45, 2.75) is 24.6 Å². The number of hydrogen-bond acceptors (Lipinski definition) is 1. The van der Waals surface area contributed by atoms with E-state index in [0.29, 0.717) is 9.09 Å². The van der Waals surface area contributed by atoms with Gasteiger partial charge < -0.3 is 9.55 Å². The van der Waals surface area contributed by atoms with Crippen molar-refractivity contribution >= 4 is 45.8 Å². The van der Waals surface area contributed by atoms with Crippen LogP contribution in [0.1, 0.15) is 12.8 Å². The summed E-state index contributed by atoms with van der Waals surface area (Å²) in [6.07, 6.45) is -4.43. The standard InChI is InChI=1S/C11H7F4IN2S/c12-5-3-8-7(4-6(5)16)17-9(19)18(8)10(1-2-10)11(13,14)15/h3-4H,1-2H2,(H,17,19). The van der Waals surface area contributed by atoms with Gasteiger partial charge in [-0.3, -0.25) is 0 Å². The molecule has 0 unspecified atom stereocenters. The average Bonchev–Trinajstić information content (AvgIpc) is 3.01. The van der Waals surface area contributed by atoms with E-state index in [9.17, 15) is 17.6 Å². The highest BCUT2D eigenvalue weighted by Gasteiger charge is 2.65. The van der Waals surface area contributed by atoms with Gasteiger partial charge in [-0.15, -0.1) is 0 Å².